The standard InChI is InChI=1S/C17H18BrN3/c18-14-9-13(10-19-15-5-6-15)17(20-11-14)21-8-7-12-3-1-2-4-16(12)21/h1-4,9,11,15,19H,5-8,10H2. The van der Waals surface area contributed by atoms with Crippen molar-refractivity contribution >= 4 is 27.4 Å². The van der Waals surface area contributed by atoms with Crippen LogP contribution >= 0.6 is 15.9 Å². The fourth-order valence-corrected chi connectivity index (χ4v) is 3.33. The van der Waals surface area contributed by atoms with Crippen LogP contribution in [0.4, 0.5) is 11.5 Å². The number of benzene rings is 1. The molecule has 1 aromatic heterocycles. The first-order valence-corrected chi connectivity index (χ1v) is 8.34. The Kier molecular flexibility index (Phi) is 3.43. The summed E-state index contributed by atoms with van der Waals surface area (Å²) in [5, 5.41) is 3.60. The van der Waals surface area contributed by atoms with Gasteiger partial charge in [0.2, 0.25) is 0 Å². The van der Waals surface area contributed by atoms with Gasteiger partial charge in [0.25, 0.3) is 0 Å². The van der Waals surface area contributed by atoms with E-state index in [0.29, 0.717) is 6.04 Å². The highest BCUT2D eigenvalue weighted by Gasteiger charge is 2.25. The molecule has 0 unspecified atom stereocenters. The molecule has 1 aliphatic heterocycles. The normalized spacial score (nSPS) is 17.1. The van der Waals surface area contributed by atoms with Crippen LogP contribution in [-0.4, -0.2) is 17.6 Å². The lowest BCUT2D eigenvalue weighted by molar-refractivity contribution is 0.684. The van der Waals surface area contributed by atoms with Crippen molar-refractivity contribution < 1.29 is 0 Å². The fourth-order valence-electron chi connectivity index (χ4n) is 2.95. The van der Waals surface area contributed by atoms with E-state index < -0.39 is 0 Å². The summed E-state index contributed by atoms with van der Waals surface area (Å²) >= 11 is 3.55. The highest BCUT2D eigenvalue weighted by atomic mass is 79.9. The third-order valence-electron chi connectivity index (χ3n) is 4.21. The molecule has 0 atom stereocenters. The smallest absolute Gasteiger partial charge is 0.137 e. The minimum Gasteiger partial charge on any atom is -0.326 e. The van der Waals surface area contributed by atoms with E-state index in [-0.39, 0.29) is 0 Å². The molecule has 0 amide bonds. The van der Waals surface area contributed by atoms with Gasteiger partial charge in [0.05, 0.1) is 0 Å². The lowest BCUT2D eigenvalue weighted by Crippen LogP contribution is -2.21. The average molecular weight is 344 g/mol. The zero-order valence-electron chi connectivity index (χ0n) is 11.8. The maximum absolute atomic E-state index is 4.70. The monoisotopic (exact) mass is 343 g/mol. The quantitative estimate of drug-likeness (QED) is 0.915. The zero-order chi connectivity index (χ0) is 14.2. The summed E-state index contributed by atoms with van der Waals surface area (Å²) in [6.45, 7) is 1.91. The summed E-state index contributed by atoms with van der Waals surface area (Å²) in [4.78, 5) is 7.05. The molecule has 0 spiro atoms. The van der Waals surface area contributed by atoms with Gasteiger partial charge in [-0.1, -0.05) is 18.2 Å². The molecule has 0 radical (unpaired) electrons. The zero-order valence-corrected chi connectivity index (χ0v) is 13.4. The van der Waals surface area contributed by atoms with Crippen molar-refractivity contribution in [3.05, 3.63) is 52.1 Å². The SMILES string of the molecule is Brc1cnc(N2CCc3ccccc32)c(CNC2CC2)c1. The largest absolute Gasteiger partial charge is 0.326 e. The van der Waals surface area contributed by atoms with Crippen molar-refractivity contribution in [2.75, 3.05) is 11.4 Å². The number of fused-ring (bicyclic) bond motifs is 1. The molecule has 108 valence electrons. The molecular weight excluding hydrogens is 326 g/mol. The van der Waals surface area contributed by atoms with Gasteiger partial charge in [0, 0.05) is 41.1 Å². The number of hydrogen-bond acceptors (Lipinski definition) is 3. The lowest BCUT2D eigenvalue weighted by atomic mass is 10.2. The summed E-state index contributed by atoms with van der Waals surface area (Å²) in [6, 6.07) is 11.5. The molecular formula is C17H18BrN3. The molecule has 4 heteroatoms. The third-order valence-corrected chi connectivity index (χ3v) is 4.64. The number of hydrogen-bond donors (Lipinski definition) is 1. The van der Waals surface area contributed by atoms with Gasteiger partial charge in [0.1, 0.15) is 5.82 Å². The van der Waals surface area contributed by atoms with E-state index >= 15 is 0 Å². The van der Waals surface area contributed by atoms with E-state index in [4.69, 9.17) is 4.98 Å². The second-order valence-electron chi connectivity index (χ2n) is 5.82. The Labute approximate surface area is 133 Å². The summed E-state index contributed by atoms with van der Waals surface area (Å²) < 4.78 is 1.05. The molecule has 0 bridgehead atoms. The van der Waals surface area contributed by atoms with Gasteiger partial charge >= 0.3 is 0 Å². The van der Waals surface area contributed by atoms with Gasteiger partial charge in [-0.15, -0.1) is 0 Å². The Morgan fingerprint density at radius 1 is 1.29 bits per heavy atom. The minimum absolute atomic E-state index is 0.711. The van der Waals surface area contributed by atoms with Gasteiger partial charge in [-0.25, -0.2) is 4.98 Å². The number of halogens is 1. The van der Waals surface area contributed by atoms with Crippen LogP contribution in [0.2, 0.25) is 0 Å². The van der Waals surface area contributed by atoms with Crippen molar-refractivity contribution in [1.82, 2.24) is 10.3 Å². The second-order valence-corrected chi connectivity index (χ2v) is 6.74. The summed E-state index contributed by atoms with van der Waals surface area (Å²) in [5.41, 5.74) is 4.00. The molecule has 1 fully saturated rings. The molecule has 1 saturated carbocycles. The van der Waals surface area contributed by atoms with E-state index in [1.54, 1.807) is 0 Å². The predicted molar refractivity (Wildman–Crippen MR) is 89.0 cm³/mol. The molecule has 1 aromatic carbocycles. The van der Waals surface area contributed by atoms with Crippen LogP contribution in [-0.2, 0) is 13.0 Å². The maximum Gasteiger partial charge on any atom is 0.137 e. The average Bonchev–Trinajstić information content (AvgIpc) is 3.24. The molecule has 0 saturated heterocycles. The first-order valence-electron chi connectivity index (χ1n) is 7.54. The summed E-state index contributed by atoms with van der Waals surface area (Å²) in [7, 11) is 0. The Morgan fingerprint density at radius 2 is 2.14 bits per heavy atom. The van der Waals surface area contributed by atoms with E-state index in [1.807, 2.05) is 6.20 Å². The van der Waals surface area contributed by atoms with Gasteiger partial charge < -0.3 is 10.2 Å². The van der Waals surface area contributed by atoms with Crippen molar-refractivity contribution in [3.63, 3.8) is 0 Å². The minimum atomic E-state index is 0.711. The van der Waals surface area contributed by atoms with Gasteiger partial charge in [0.15, 0.2) is 0 Å². The number of pyridine rings is 1. The van der Waals surface area contributed by atoms with Gasteiger partial charge in [-0.05, 0) is 52.9 Å². The molecule has 4 rings (SSSR count). The topological polar surface area (TPSA) is 28.2 Å². The first-order chi connectivity index (χ1) is 10.3. The third kappa shape index (κ3) is 2.70. The Morgan fingerprint density at radius 3 is 3.00 bits per heavy atom. The number of aromatic nitrogens is 1. The van der Waals surface area contributed by atoms with Crippen LogP contribution in [0.5, 0.6) is 0 Å². The molecule has 1 N–H and O–H groups in total. The highest BCUT2D eigenvalue weighted by molar-refractivity contribution is 9.10. The number of nitrogens with one attached hydrogen (secondary N) is 1. The Bertz CT molecular complexity index is 667. The maximum atomic E-state index is 4.70. The van der Waals surface area contributed by atoms with Crippen LogP contribution in [0, 0.1) is 0 Å². The van der Waals surface area contributed by atoms with Crippen molar-refractivity contribution in [2.24, 2.45) is 0 Å². The Hall–Kier alpha value is -1.39. The molecule has 2 aliphatic rings. The van der Waals surface area contributed by atoms with Crippen LogP contribution < -0.4 is 10.2 Å². The van der Waals surface area contributed by atoms with E-state index in [1.165, 1.54) is 29.7 Å². The van der Waals surface area contributed by atoms with Crippen LogP contribution in [0.1, 0.15) is 24.0 Å². The number of para-hydroxylation sites is 1. The highest BCUT2D eigenvalue weighted by Crippen LogP contribution is 2.35. The first kappa shape index (κ1) is 13.3. The van der Waals surface area contributed by atoms with Crippen molar-refractivity contribution in [1.29, 1.82) is 0 Å². The lowest BCUT2D eigenvalue weighted by Gasteiger charge is -2.22. The van der Waals surface area contributed by atoms with Crippen LogP contribution in [0.15, 0.2) is 41.0 Å². The molecule has 21 heavy (non-hydrogen) atoms. The summed E-state index contributed by atoms with van der Waals surface area (Å²) in [6.07, 6.45) is 5.62. The van der Waals surface area contributed by atoms with E-state index in [9.17, 15) is 0 Å². The fraction of sp³-hybridized carbons (Fsp3) is 0.353. The van der Waals surface area contributed by atoms with E-state index in [0.717, 1.165) is 29.8 Å². The van der Waals surface area contributed by atoms with Gasteiger partial charge in [-0.3, -0.25) is 0 Å². The predicted octanol–water partition coefficient (Wildman–Crippen LogP) is 3.79. The number of nitrogens with zero attached hydrogens (tertiary/aromatic N) is 2. The number of anilines is 2. The van der Waals surface area contributed by atoms with Crippen molar-refractivity contribution in [2.45, 2.75) is 31.8 Å². The van der Waals surface area contributed by atoms with E-state index in [2.05, 4.69) is 56.5 Å². The van der Waals surface area contributed by atoms with Crippen LogP contribution in [0.3, 0.4) is 0 Å². The summed E-state index contributed by atoms with van der Waals surface area (Å²) in [5.74, 6) is 1.09. The van der Waals surface area contributed by atoms with Gasteiger partial charge in [-0.2, -0.15) is 0 Å². The molecule has 2 aromatic rings. The molecule has 2 heterocycles. The molecule has 1 aliphatic carbocycles. The second kappa shape index (κ2) is 5.43. The van der Waals surface area contributed by atoms with Crippen molar-refractivity contribution in [3.8, 4) is 0 Å². The number of rotatable bonds is 4. The Balaban J connectivity index is 1.67. The van der Waals surface area contributed by atoms with Crippen LogP contribution in [0.25, 0.3) is 0 Å². The molecule has 3 nitrogen and oxygen atoms in total.